The van der Waals surface area contributed by atoms with E-state index in [0.717, 1.165) is 17.0 Å². The molecule has 0 aliphatic carbocycles. The normalized spacial score (nSPS) is 19.8. The lowest BCUT2D eigenvalue weighted by molar-refractivity contribution is -0.274. The summed E-state index contributed by atoms with van der Waals surface area (Å²) in [7, 11) is 1.34. The molecule has 1 fully saturated rings. The zero-order valence-corrected chi connectivity index (χ0v) is 14.7. The average molecular weight is 401 g/mol. The summed E-state index contributed by atoms with van der Waals surface area (Å²) in [5.74, 6) is -1.68. The van der Waals surface area contributed by atoms with Gasteiger partial charge in [0.15, 0.2) is 6.17 Å². The number of alkyl halides is 4. The van der Waals surface area contributed by atoms with Crippen molar-refractivity contribution in [1.82, 2.24) is 4.90 Å². The smallest absolute Gasteiger partial charge is 0.496 e. The molecule has 0 aromatic heterocycles. The topological polar surface area (TPSA) is 38.8 Å². The average Bonchev–Trinajstić information content (AvgIpc) is 2.90. The summed E-state index contributed by atoms with van der Waals surface area (Å²) >= 11 is 0. The third-order valence-electron chi connectivity index (χ3n) is 4.43. The van der Waals surface area contributed by atoms with Gasteiger partial charge in [0.05, 0.1) is 18.7 Å². The summed E-state index contributed by atoms with van der Waals surface area (Å²) in [5.41, 5.74) is 0.507. The maximum Gasteiger partial charge on any atom is 0.573 e. The fraction of sp³-hybridized carbons (Fsp3) is 0.316. The van der Waals surface area contributed by atoms with E-state index in [1.54, 1.807) is 0 Å². The number of carbonyl (C=O) groups is 1. The van der Waals surface area contributed by atoms with Crippen LogP contribution in [-0.2, 0) is 11.3 Å². The lowest BCUT2D eigenvalue weighted by Crippen LogP contribution is -2.30. The Balaban J connectivity index is 1.86. The fourth-order valence-corrected chi connectivity index (χ4v) is 3.23. The largest absolute Gasteiger partial charge is 0.573 e. The van der Waals surface area contributed by atoms with Gasteiger partial charge in [0.2, 0.25) is 0 Å². The minimum absolute atomic E-state index is 0.0653. The van der Waals surface area contributed by atoms with E-state index < -0.39 is 36.0 Å². The fourth-order valence-electron chi connectivity index (χ4n) is 3.23. The Labute approximate surface area is 157 Å². The van der Waals surface area contributed by atoms with Crippen LogP contribution in [-0.4, -0.2) is 30.5 Å². The third kappa shape index (κ3) is 4.18. The Hall–Kier alpha value is -2.84. The Morgan fingerprint density at radius 3 is 2.43 bits per heavy atom. The van der Waals surface area contributed by atoms with Crippen molar-refractivity contribution in [2.75, 3.05) is 7.11 Å². The number of methoxy groups -OCH3 is 1. The second kappa shape index (κ2) is 7.65. The predicted molar refractivity (Wildman–Crippen MR) is 88.9 cm³/mol. The van der Waals surface area contributed by atoms with Crippen LogP contribution in [0, 0.1) is 5.82 Å². The van der Waals surface area contributed by atoms with Crippen molar-refractivity contribution in [3.05, 3.63) is 59.4 Å². The summed E-state index contributed by atoms with van der Waals surface area (Å²) in [5, 5.41) is 0. The first kappa shape index (κ1) is 19.9. The number of rotatable bonds is 5. The van der Waals surface area contributed by atoms with E-state index in [0.29, 0.717) is 5.56 Å². The van der Waals surface area contributed by atoms with Gasteiger partial charge in [-0.25, -0.2) is 8.78 Å². The lowest BCUT2D eigenvalue weighted by atomic mass is 10.0. The van der Waals surface area contributed by atoms with Gasteiger partial charge in [-0.2, -0.15) is 0 Å². The van der Waals surface area contributed by atoms with E-state index in [9.17, 15) is 26.7 Å². The van der Waals surface area contributed by atoms with E-state index in [1.165, 1.54) is 37.4 Å². The van der Waals surface area contributed by atoms with Crippen molar-refractivity contribution in [2.24, 2.45) is 0 Å². The van der Waals surface area contributed by atoms with Crippen LogP contribution in [0.25, 0.3) is 0 Å². The number of hydrogen-bond donors (Lipinski definition) is 0. The van der Waals surface area contributed by atoms with Gasteiger partial charge in [0.25, 0.3) is 5.91 Å². The number of nitrogens with zero attached hydrogens (tertiary/aromatic N) is 1. The van der Waals surface area contributed by atoms with E-state index in [2.05, 4.69) is 4.74 Å². The SMILES string of the molecule is COc1cccc(F)c1C1CC(F)C(=O)N1Cc1ccc(OC(F)(F)F)cc1. The van der Waals surface area contributed by atoms with Crippen molar-refractivity contribution >= 4 is 5.91 Å². The molecular formula is C19H16F5NO3. The van der Waals surface area contributed by atoms with Crippen LogP contribution < -0.4 is 9.47 Å². The monoisotopic (exact) mass is 401 g/mol. The highest BCUT2D eigenvalue weighted by molar-refractivity contribution is 5.84. The van der Waals surface area contributed by atoms with Gasteiger partial charge in [-0.15, -0.1) is 13.2 Å². The molecule has 1 aliphatic heterocycles. The highest BCUT2D eigenvalue weighted by atomic mass is 19.4. The number of benzene rings is 2. The second-order valence-corrected chi connectivity index (χ2v) is 6.23. The zero-order valence-electron chi connectivity index (χ0n) is 14.7. The summed E-state index contributed by atoms with van der Waals surface area (Å²) in [6, 6.07) is 8.08. The number of halogens is 5. The molecule has 4 nitrogen and oxygen atoms in total. The third-order valence-corrected chi connectivity index (χ3v) is 4.43. The Kier molecular flexibility index (Phi) is 5.44. The highest BCUT2D eigenvalue weighted by Gasteiger charge is 2.42. The van der Waals surface area contributed by atoms with Crippen LogP contribution >= 0.6 is 0 Å². The van der Waals surface area contributed by atoms with E-state index in [4.69, 9.17) is 4.74 Å². The van der Waals surface area contributed by atoms with Crippen molar-refractivity contribution in [1.29, 1.82) is 0 Å². The van der Waals surface area contributed by atoms with Crippen molar-refractivity contribution in [3.8, 4) is 11.5 Å². The Morgan fingerprint density at radius 1 is 1.14 bits per heavy atom. The molecule has 2 aromatic carbocycles. The first-order valence-corrected chi connectivity index (χ1v) is 8.31. The van der Waals surface area contributed by atoms with Gasteiger partial charge in [-0.05, 0) is 29.8 Å². The molecule has 1 heterocycles. The Bertz CT molecular complexity index is 854. The molecule has 1 aliphatic rings. The molecule has 1 saturated heterocycles. The first-order chi connectivity index (χ1) is 13.2. The lowest BCUT2D eigenvalue weighted by Gasteiger charge is -2.26. The minimum Gasteiger partial charge on any atom is -0.496 e. The molecule has 0 radical (unpaired) electrons. The summed E-state index contributed by atoms with van der Waals surface area (Å²) < 4.78 is 74.2. The number of hydrogen-bond acceptors (Lipinski definition) is 3. The molecule has 0 spiro atoms. The number of carbonyl (C=O) groups excluding carboxylic acids is 1. The quantitative estimate of drug-likeness (QED) is 0.691. The van der Waals surface area contributed by atoms with E-state index in [1.807, 2.05) is 0 Å². The second-order valence-electron chi connectivity index (χ2n) is 6.23. The van der Waals surface area contributed by atoms with Crippen LogP contribution in [0.5, 0.6) is 11.5 Å². The molecule has 150 valence electrons. The standard InChI is InChI=1S/C19H16F5NO3/c1-27-16-4-2-3-13(20)17(16)15-9-14(21)18(26)25(15)10-11-5-7-12(8-6-11)28-19(22,23)24/h2-8,14-15H,9-10H2,1H3. The number of ether oxygens (including phenoxy) is 2. The molecule has 1 amide bonds. The molecule has 3 rings (SSSR count). The van der Waals surface area contributed by atoms with Crippen molar-refractivity contribution in [3.63, 3.8) is 0 Å². The molecule has 0 N–H and O–H groups in total. The van der Waals surface area contributed by atoms with Gasteiger partial charge in [-0.1, -0.05) is 18.2 Å². The summed E-state index contributed by atoms with van der Waals surface area (Å²) in [4.78, 5) is 13.4. The summed E-state index contributed by atoms with van der Waals surface area (Å²) in [6.07, 6.45) is -6.87. The molecule has 0 bridgehead atoms. The number of likely N-dealkylation sites (tertiary alicyclic amines) is 1. The van der Waals surface area contributed by atoms with Gasteiger partial charge >= 0.3 is 6.36 Å². The molecule has 2 atom stereocenters. The molecule has 9 heteroatoms. The van der Waals surface area contributed by atoms with Gasteiger partial charge in [-0.3, -0.25) is 4.79 Å². The van der Waals surface area contributed by atoms with Crippen molar-refractivity contribution in [2.45, 2.75) is 31.5 Å². The van der Waals surface area contributed by atoms with Crippen LogP contribution in [0.3, 0.4) is 0 Å². The summed E-state index contributed by atoms with van der Waals surface area (Å²) in [6.45, 7) is -0.103. The first-order valence-electron chi connectivity index (χ1n) is 8.31. The minimum atomic E-state index is -4.82. The molecule has 0 saturated carbocycles. The van der Waals surface area contributed by atoms with Crippen LogP contribution in [0.4, 0.5) is 22.0 Å². The molecular weight excluding hydrogens is 385 g/mol. The van der Waals surface area contributed by atoms with E-state index in [-0.39, 0.29) is 24.3 Å². The van der Waals surface area contributed by atoms with Crippen LogP contribution in [0.1, 0.15) is 23.6 Å². The maximum absolute atomic E-state index is 14.4. The predicted octanol–water partition coefficient (Wildman–Crippen LogP) is 4.54. The van der Waals surface area contributed by atoms with Gasteiger partial charge in [0.1, 0.15) is 17.3 Å². The van der Waals surface area contributed by atoms with E-state index >= 15 is 0 Å². The molecule has 2 unspecified atom stereocenters. The van der Waals surface area contributed by atoms with Crippen LogP contribution in [0.15, 0.2) is 42.5 Å². The Morgan fingerprint density at radius 2 is 1.82 bits per heavy atom. The van der Waals surface area contributed by atoms with Gasteiger partial charge < -0.3 is 14.4 Å². The highest BCUT2D eigenvalue weighted by Crippen LogP contribution is 2.41. The van der Waals surface area contributed by atoms with Crippen LogP contribution in [0.2, 0.25) is 0 Å². The zero-order chi connectivity index (χ0) is 20.5. The number of amides is 1. The van der Waals surface area contributed by atoms with Crippen molar-refractivity contribution < 1.29 is 36.2 Å². The maximum atomic E-state index is 14.4. The van der Waals surface area contributed by atoms with Gasteiger partial charge in [0, 0.05) is 13.0 Å². The molecule has 2 aromatic rings. The molecule has 28 heavy (non-hydrogen) atoms.